The van der Waals surface area contributed by atoms with Gasteiger partial charge in [0.15, 0.2) is 4.96 Å². The molecule has 4 heterocycles. The minimum absolute atomic E-state index is 0.117. The van der Waals surface area contributed by atoms with Crippen LogP contribution in [0.15, 0.2) is 54.0 Å². The summed E-state index contributed by atoms with van der Waals surface area (Å²) >= 11 is 2.55. The lowest BCUT2D eigenvalue weighted by molar-refractivity contribution is 0.0598. The normalized spacial score (nSPS) is 15.4. The second kappa shape index (κ2) is 11.1. The molecule has 5 aromatic rings. The molecule has 210 valence electrons. The number of halogens is 3. The van der Waals surface area contributed by atoms with Crippen LogP contribution in [0.1, 0.15) is 45.9 Å². The SMILES string of the molecule is Cc1nc2sccn2c1C(=O)NC[C@@H]1CCCCN1C(=O)c1nc(-c2cc(F)cc(F)c2)sc1-c1ccc(F)cc1. The molecule has 1 aliphatic rings. The summed E-state index contributed by atoms with van der Waals surface area (Å²) in [5, 5.41) is 5.11. The molecule has 0 spiro atoms. The van der Waals surface area contributed by atoms with Crippen LogP contribution in [0.25, 0.3) is 26.0 Å². The van der Waals surface area contributed by atoms with Crippen LogP contribution in [0, 0.1) is 24.4 Å². The Bertz CT molecular complexity index is 1740. The van der Waals surface area contributed by atoms with Crippen molar-refractivity contribution >= 4 is 39.4 Å². The van der Waals surface area contributed by atoms with Gasteiger partial charge < -0.3 is 10.2 Å². The van der Waals surface area contributed by atoms with Crippen LogP contribution in [0.5, 0.6) is 0 Å². The maximum Gasteiger partial charge on any atom is 0.274 e. The molecular formula is C29H24F3N5O2S2. The number of aryl methyl sites for hydroxylation is 1. The van der Waals surface area contributed by atoms with Crippen molar-refractivity contribution in [1.29, 1.82) is 0 Å². The molecule has 12 heteroatoms. The number of likely N-dealkylation sites (tertiary alicyclic amines) is 1. The Morgan fingerprint density at radius 2 is 1.76 bits per heavy atom. The predicted molar refractivity (Wildman–Crippen MR) is 152 cm³/mol. The Kier molecular flexibility index (Phi) is 7.35. The van der Waals surface area contributed by atoms with Crippen LogP contribution in [0.4, 0.5) is 13.2 Å². The van der Waals surface area contributed by atoms with Gasteiger partial charge in [-0.25, -0.2) is 23.1 Å². The van der Waals surface area contributed by atoms with Gasteiger partial charge in [-0.2, -0.15) is 0 Å². The molecule has 0 bridgehead atoms. The maximum absolute atomic E-state index is 14.0. The number of carbonyl (C=O) groups is 2. The van der Waals surface area contributed by atoms with Gasteiger partial charge in [0.2, 0.25) is 0 Å². The fourth-order valence-corrected chi connectivity index (χ4v) is 6.95. The number of hydrogen-bond acceptors (Lipinski definition) is 6. The molecule has 6 rings (SSSR count). The first-order valence-electron chi connectivity index (χ1n) is 13.0. The molecule has 7 nitrogen and oxygen atoms in total. The van der Waals surface area contributed by atoms with E-state index in [1.54, 1.807) is 34.6 Å². The number of aromatic nitrogens is 3. The Morgan fingerprint density at radius 3 is 2.51 bits per heavy atom. The molecule has 2 amide bonds. The van der Waals surface area contributed by atoms with Gasteiger partial charge in [0.1, 0.15) is 33.8 Å². The summed E-state index contributed by atoms with van der Waals surface area (Å²) in [7, 11) is 0. The summed E-state index contributed by atoms with van der Waals surface area (Å²) < 4.78 is 43.5. The van der Waals surface area contributed by atoms with Gasteiger partial charge in [0, 0.05) is 42.3 Å². The first kappa shape index (κ1) is 27.2. The Hall–Kier alpha value is -4.03. The second-order valence-corrected chi connectivity index (χ2v) is 11.7. The van der Waals surface area contributed by atoms with Gasteiger partial charge in [-0.1, -0.05) is 12.1 Å². The van der Waals surface area contributed by atoms with Crippen LogP contribution in [0.2, 0.25) is 0 Å². The zero-order valence-electron chi connectivity index (χ0n) is 21.9. The lowest BCUT2D eigenvalue weighted by Gasteiger charge is -2.35. The fourth-order valence-electron chi connectivity index (χ4n) is 5.14. The molecule has 41 heavy (non-hydrogen) atoms. The number of carbonyl (C=O) groups excluding carboxylic acids is 2. The number of nitrogens with one attached hydrogen (secondary N) is 1. The summed E-state index contributed by atoms with van der Waals surface area (Å²) in [6.07, 6.45) is 4.15. The van der Waals surface area contributed by atoms with Crippen molar-refractivity contribution in [2.75, 3.05) is 13.1 Å². The molecule has 1 N–H and O–H groups in total. The number of thiazole rings is 2. The topological polar surface area (TPSA) is 79.6 Å². The summed E-state index contributed by atoms with van der Waals surface area (Å²) in [6, 6.07) is 8.46. The van der Waals surface area contributed by atoms with Crippen molar-refractivity contribution in [3.63, 3.8) is 0 Å². The number of hydrogen-bond donors (Lipinski definition) is 1. The monoisotopic (exact) mass is 595 g/mol. The summed E-state index contributed by atoms with van der Waals surface area (Å²) in [5.41, 5.74) is 1.96. The van der Waals surface area contributed by atoms with Crippen molar-refractivity contribution in [1.82, 2.24) is 24.6 Å². The number of fused-ring (bicyclic) bond motifs is 1. The average Bonchev–Trinajstić information content (AvgIpc) is 3.66. The molecule has 2 aromatic carbocycles. The zero-order chi connectivity index (χ0) is 28.7. The number of benzene rings is 2. The van der Waals surface area contributed by atoms with Crippen molar-refractivity contribution in [2.24, 2.45) is 0 Å². The summed E-state index contributed by atoms with van der Waals surface area (Å²) in [4.78, 5) is 39.1. The van der Waals surface area contributed by atoms with E-state index in [0.717, 1.165) is 47.3 Å². The van der Waals surface area contributed by atoms with Crippen molar-refractivity contribution in [3.8, 4) is 21.0 Å². The number of imidazole rings is 1. The largest absolute Gasteiger partial charge is 0.349 e. The molecule has 1 atom stereocenters. The van der Waals surface area contributed by atoms with Crippen LogP contribution >= 0.6 is 22.7 Å². The Balaban J connectivity index is 1.30. The highest BCUT2D eigenvalue weighted by molar-refractivity contribution is 7.18. The average molecular weight is 596 g/mol. The number of rotatable bonds is 6. The van der Waals surface area contributed by atoms with Gasteiger partial charge in [0.05, 0.1) is 10.6 Å². The minimum atomic E-state index is -0.758. The molecule has 0 radical (unpaired) electrons. The van der Waals surface area contributed by atoms with E-state index in [2.05, 4.69) is 15.3 Å². The third kappa shape index (κ3) is 5.36. The summed E-state index contributed by atoms with van der Waals surface area (Å²) in [5.74, 6) is -2.58. The van der Waals surface area contributed by atoms with E-state index in [4.69, 9.17) is 0 Å². The molecular weight excluding hydrogens is 571 g/mol. The third-order valence-corrected chi connectivity index (χ3v) is 8.99. The van der Waals surface area contributed by atoms with Crippen molar-refractivity contribution in [2.45, 2.75) is 32.2 Å². The van der Waals surface area contributed by atoms with E-state index in [-0.39, 0.29) is 40.7 Å². The quantitative estimate of drug-likeness (QED) is 0.249. The Labute approximate surface area is 241 Å². The van der Waals surface area contributed by atoms with E-state index in [1.165, 1.54) is 23.5 Å². The van der Waals surface area contributed by atoms with Crippen molar-refractivity contribution in [3.05, 3.63) is 88.6 Å². The van der Waals surface area contributed by atoms with E-state index in [9.17, 15) is 22.8 Å². The van der Waals surface area contributed by atoms with Crippen molar-refractivity contribution < 1.29 is 22.8 Å². The first-order valence-corrected chi connectivity index (χ1v) is 14.7. The van der Waals surface area contributed by atoms with E-state index < -0.39 is 17.5 Å². The van der Waals surface area contributed by atoms with Crippen LogP contribution in [-0.2, 0) is 0 Å². The lowest BCUT2D eigenvalue weighted by Crippen LogP contribution is -2.49. The number of piperidine rings is 1. The Morgan fingerprint density at radius 1 is 1.00 bits per heavy atom. The molecule has 0 saturated carbocycles. The smallest absolute Gasteiger partial charge is 0.274 e. The second-order valence-electron chi connectivity index (χ2n) is 9.82. The van der Waals surface area contributed by atoms with Gasteiger partial charge >= 0.3 is 0 Å². The van der Waals surface area contributed by atoms with Gasteiger partial charge in [-0.05, 0) is 56.0 Å². The van der Waals surface area contributed by atoms with E-state index in [1.807, 2.05) is 5.38 Å². The highest BCUT2D eigenvalue weighted by Gasteiger charge is 2.32. The highest BCUT2D eigenvalue weighted by atomic mass is 32.1. The number of nitrogens with zero attached hydrogens (tertiary/aromatic N) is 4. The van der Waals surface area contributed by atoms with Gasteiger partial charge in [-0.3, -0.25) is 14.0 Å². The van der Waals surface area contributed by atoms with Crippen LogP contribution in [-0.4, -0.2) is 50.2 Å². The highest BCUT2D eigenvalue weighted by Crippen LogP contribution is 2.37. The van der Waals surface area contributed by atoms with Gasteiger partial charge in [0.25, 0.3) is 11.8 Å². The number of amides is 2. The third-order valence-electron chi connectivity index (χ3n) is 7.08. The predicted octanol–water partition coefficient (Wildman–Crippen LogP) is 6.34. The first-order chi connectivity index (χ1) is 19.8. The van der Waals surface area contributed by atoms with Crippen LogP contribution in [0.3, 0.4) is 0 Å². The molecule has 1 aliphatic heterocycles. The maximum atomic E-state index is 14.0. The molecule has 3 aromatic heterocycles. The van der Waals surface area contributed by atoms with E-state index >= 15 is 0 Å². The standard InChI is InChI=1S/C29H24F3N5O2S2/c1-16-24(37-10-11-40-29(37)34-16)26(38)33-15-22-4-2-3-9-36(22)28(39)23-25(17-5-7-19(30)8-6-17)41-27(35-23)18-12-20(31)14-21(32)13-18/h5-8,10-14,22H,2-4,9,15H2,1H3,(H,33,38)/t22-/m0/s1. The summed E-state index contributed by atoms with van der Waals surface area (Å²) in [6.45, 7) is 2.48. The molecule has 0 aliphatic carbocycles. The van der Waals surface area contributed by atoms with E-state index in [0.29, 0.717) is 34.8 Å². The zero-order valence-corrected chi connectivity index (χ0v) is 23.5. The van der Waals surface area contributed by atoms with Gasteiger partial charge in [-0.15, -0.1) is 22.7 Å². The molecule has 0 unspecified atom stereocenters. The minimum Gasteiger partial charge on any atom is -0.349 e. The lowest BCUT2D eigenvalue weighted by atomic mass is 10.0. The fraction of sp³-hybridized carbons (Fsp3) is 0.241. The van der Waals surface area contributed by atoms with Crippen LogP contribution < -0.4 is 5.32 Å². The molecule has 1 fully saturated rings. The molecule has 1 saturated heterocycles.